The Kier molecular flexibility index (Phi) is 7.22. The summed E-state index contributed by atoms with van der Waals surface area (Å²) in [6.45, 7) is 1.18. The summed E-state index contributed by atoms with van der Waals surface area (Å²) in [6, 6.07) is 22.2. The molecule has 1 fully saturated rings. The van der Waals surface area contributed by atoms with Gasteiger partial charge in [0.2, 0.25) is 12.1 Å². The van der Waals surface area contributed by atoms with Crippen LogP contribution >= 0.6 is 0 Å². The Hall–Kier alpha value is -4.04. The van der Waals surface area contributed by atoms with E-state index in [-0.39, 0.29) is 18.7 Å². The van der Waals surface area contributed by atoms with Gasteiger partial charge in [0.05, 0.1) is 6.04 Å². The van der Waals surface area contributed by atoms with Crippen LogP contribution in [0, 0.1) is 5.92 Å². The van der Waals surface area contributed by atoms with Gasteiger partial charge in [0.15, 0.2) is 11.7 Å². The van der Waals surface area contributed by atoms with Crippen LogP contribution in [0.1, 0.15) is 24.5 Å². The first-order valence-electron chi connectivity index (χ1n) is 11.4. The van der Waals surface area contributed by atoms with Crippen LogP contribution in [0.5, 0.6) is 0 Å². The number of nitrogens with two attached hydrogens (primary N) is 1. The van der Waals surface area contributed by atoms with Gasteiger partial charge in [0.1, 0.15) is 0 Å². The van der Waals surface area contributed by atoms with Gasteiger partial charge in [-0.05, 0) is 34.7 Å². The molecule has 3 aromatic carbocycles. The normalized spacial score (nSPS) is 18.0. The van der Waals surface area contributed by atoms with E-state index in [9.17, 15) is 19.2 Å². The molecule has 8 nitrogen and oxygen atoms in total. The molecule has 3 N–H and O–H groups in total. The summed E-state index contributed by atoms with van der Waals surface area (Å²) in [5, 5.41) is 5.58. The van der Waals surface area contributed by atoms with Crippen molar-refractivity contribution in [1.29, 1.82) is 0 Å². The third-order valence-electron chi connectivity index (χ3n) is 6.09. The van der Waals surface area contributed by atoms with Crippen molar-refractivity contribution in [3.8, 4) is 0 Å². The number of hydrogen-bond acceptors (Lipinski definition) is 6. The number of hydrogen-bond donors (Lipinski definition) is 2. The third kappa shape index (κ3) is 5.55. The molecule has 4 rings (SSSR count). The molecule has 8 heteroatoms. The van der Waals surface area contributed by atoms with Crippen molar-refractivity contribution in [2.24, 2.45) is 11.8 Å². The lowest BCUT2D eigenvalue weighted by atomic mass is 9.86. The minimum absolute atomic E-state index is 0.181. The number of ketones is 1. The summed E-state index contributed by atoms with van der Waals surface area (Å²) in [5.41, 5.74) is 1.83. The summed E-state index contributed by atoms with van der Waals surface area (Å²) >= 11 is 0. The SMILES string of the molecule is CC(=O)O[C@H]1[C@@H](C(=O)[C@H](Cc2ccc3ccccc3c2)NC(=O)CCc2ccccc2)C(=O)N1N. The van der Waals surface area contributed by atoms with E-state index in [2.05, 4.69) is 5.32 Å². The maximum atomic E-state index is 13.4. The first kappa shape index (κ1) is 24.1. The first-order valence-corrected chi connectivity index (χ1v) is 11.4. The van der Waals surface area contributed by atoms with Gasteiger partial charge < -0.3 is 10.1 Å². The Balaban J connectivity index is 1.54. The Morgan fingerprint density at radius 3 is 2.37 bits per heavy atom. The molecule has 0 spiro atoms. The number of nitrogens with one attached hydrogen (secondary N) is 1. The summed E-state index contributed by atoms with van der Waals surface area (Å²) in [7, 11) is 0. The van der Waals surface area contributed by atoms with Gasteiger partial charge >= 0.3 is 5.97 Å². The number of esters is 1. The minimum atomic E-state index is -1.26. The van der Waals surface area contributed by atoms with E-state index in [4.69, 9.17) is 10.6 Å². The molecule has 3 atom stereocenters. The van der Waals surface area contributed by atoms with Crippen LogP contribution < -0.4 is 11.2 Å². The molecule has 0 bridgehead atoms. The fraction of sp³-hybridized carbons (Fsp3) is 0.259. The van der Waals surface area contributed by atoms with Crippen LogP contribution in [-0.4, -0.2) is 40.8 Å². The number of hydrazine groups is 1. The second-order valence-electron chi connectivity index (χ2n) is 8.62. The van der Waals surface area contributed by atoms with Crippen molar-refractivity contribution in [3.05, 3.63) is 83.9 Å². The van der Waals surface area contributed by atoms with Gasteiger partial charge in [0.25, 0.3) is 5.91 Å². The van der Waals surface area contributed by atoms with Crippen LogP contribution in [0.15, 0.2) is 72.8 Å². The molecule has 0 radical (unpaired) electrons. The van der Waals surface area contributed by atoms with Gasteiger partial charge in [-0.2, -0.15) is 0 Å². The molecule has 3 aromatic rings. The van der Waals surface area contributed by atoms with Gasteiger partial charge in [-0.1, -0.05) is 72.8 Å². The van der Waals surface area contributed by atoms with Gasteiger partial charge in [0, 0.05) is 13.3 Å². The second-order valence-corrected chi connectivity index (χ2v) is 8.62. The van der Waals surface area contributed by atoms with Crippen molar-refractivity contribution in [3.63, 3.8) is 0 Å². The zero-order valence-electron chi connectivity index (χ0n) is 19.3. The van der Waals surface area contributed by atoms with E-state index >= 15 is 0 Å². The highest BCUT2D eigenvalue weighted by Crippen LogP contribution is 2.28. The molecule has 180 valence electrons. The van der Waals surface area contributed by atoms with Crippen LogP contribution in [0.2, 0.25) is 0 Å². The van der Waals surface area contributed by atoms with Crippen molar-refractivity contribution in [2.75, 3.05) is 0 Å². The Morgan fingerprint density at radius 2 is 1.66 bits per heavy atom. The molecule has 0 aliphatic carbocycles. The molecular formula is C27H27N3O5. The Bertz CT molecular complexity index is 1260. The molecular weight excluding hydrogens is 446 g/mol. The maximum absolute atomic E-state index is 13.4. The van der Waals surface area contributed by atoms with Crippen molar-refractivity contribution in [2.45, 2.75) is 38.5 Å². The number of amides is 2. The van der Waals surface area contributed by atoms with E-state index < -0.39 is 35.8 Å². The summed E-state index contributed by atoms with van der Waals surface area (Å²) < 4.78 is 5.08. The van der Waals surface area contributed by atoms with Crippen LogP contribution in [0.25, 0.3) is 10.8 Å². The highest BCUT2D eigenvalue weighted by Gasteiger charge is 2.54. The van der Waals surface area contributed by atoms with E-state index in [1.165, 1.54) is 6.92 Å². The van der Waals surface area contributed by atoms with E-state index in [1.54, 1.807) is 0 Å². The Labute approximate surface area is 203 Å². The molecule has 1 saturated heterocycles. The quantitative estimate of drug-likeness (QED) is 0.162. The first-order chi connectivity index (χ1) is 16.8. The number of ether oxygens (including phenoxy) is 1. The molecule has 35 heavy (non-hydrogen) atoms. The average molecular weight is 474 g/mol. The number of nitrogens with zero attached hydrogens (tertiary/aromatic N) is 1. The number of β-lactam (4-membered cyclic amide) rings is 1. The van der Waals surface area contributed by atoms with Gasteiger partial charge in [-0.15, -0.1) is 0 Å². The molecule has 2 amide bonds. The predicted molar refractivity (Wildman–Crippen MR) is 129 cm³/mol. The standard InChI is InChI=1S/C27H27N3O5/c1-17(31)35-27-24(26(34)30(27)28)25(33)22(29-23(32)14-12-18-7-3-2-4-8-18)16-19-11-13-20-9-5-6-10-21(20)15-19/h2-11,13,15,22,24,27H,12,14,16,28H2,1H3,(H,29,32)/t22-,24-,27-/m0/s1. The zero-order valence-corrected chi connectivity index (χ0v) is 19.3. The molecule has 1 heterocycles. The van der Waals surface area contributed by atoms with E-state index in [1.807, 2.05) is 72.8 Å². The van der Waals surface area contributed by atoms with Crippen molar-refractivity contribution >= 4 is 34.3 Å². The summed E-state index contributed by atoms with van der Waals surface area (Å²) in [4.78, 5) is 50.1. The highest BCUT2D eigenvalue weighted by molar-refractivity contribution is 6.09. The average Bonchev–Trinajstić information content (AvgIpc) is 2.86. The largest absolute Gasteiger partial charge is 0.439 e. The van der Waals surface area contributed by atoms with Crippen molar-refractivity contribution < 1.29 is 23.9 Å². The Morgan fingerprint density at radius 1 is 0.971 bits per heavy atom. The smallest absolute Gasteiger partial charge is 0.304 e. The molecule has 1 aliphatic rings. The van der Waals surface area contributed by atoms with Crippen LogP contribution in [0.3, 0.4) is 0 Å². The van der Waals surface area contributed by atoms with E-state index in [0.29, 0.717) is 6.42 Å². The fourth-order valence-corrected chi connectivity index (χ4v) is 4.25. The van der Waals surface area contributed by atoms with Crippen molar-refractivity contribution in [1.82, 2.24) is 10.3 Å². The number of aryl methyl sites for hydroxylation is 1. The zero-order chi connectivity index (χ0) is 24.9. The monoisotopic (exact) mass is 473 g/mol. The second kappa shape index (κ2) is 10.5. The number of benzene rings is 3. The number of carbonyl (C=O) groups is 4. The van der Waals surface area contributed by atoms with E-state index in [0.717, 1.165) is 26.9 Å². The number of carbonyl (C=O) groups excluding carboxylic acids is 4. The van der Waals surface area contributed by atoms with Gasteiger partial charge in [-0.25, -0.2) is 10.9 Å². The van der Waals surface area contributed by atoms with Crippen LogP contribution in [-0.2, 0) is 36.8 Å². The summed E-state index contributed by atoms with van der Waals surface area (Å²) in [6.07, 6.45) is -0.311. The molecule has 0 unspecified atom stereocenters. The summed E-state index contributed by atoms with van der Waals surface area (Å²) in [5.74, 6) is 2.22. The number of Topliss-reactive ketones (excluding diaryl/α,β-unsaturated/α-hetero) is 1. The lowest BCUT2D eigenvalue weighted by Gasteiger charge is -2.42. The molecule has 1 aliphatic heterocycles. The maximum Gasteiger partial charge on any atom is 0.304 e. The third-order valence-corrected chi connectivity index (χ3v) is 6.09. The predicted octanol–water partition coefficient (Wildman–Crippen LogP) is 2.29. The molecule has 0 aromatic heterocycles. The topological polar surface area (TPSA) is 119 Å². The van der Waals surface area contributed by atoms with Gasteiger partial charge in [-0.3, -0.25) is 19.2 Å². The molecule has 0 saturated carbocycles. The minimum Gasteiger partial charge on any atom is -0.439 e. The fourth-order valence-electron chi connectivity index (χ4n) is 4.25. The number of fused-ring (bicyclic) bond motifs is 1. The lowest BCUT2D eigenvalue weighted by Crippen LogP contribution is -2.70. The van der Waals surface area contributed by atoms with Crippen LogP contribution in [0.4, 0.5) is 0 Å². The highest BCUT2D eigenvalue weighted by atomic mass is 16.6. The number of rotatable bonds is 9. The lowest BCUT2D eigenvalue weighted by molar-refractivity contribution is -0.199.